The van der Waals surface area contributed by atoms with Crippen molar-refractivity contribution in [1.82, 2.24) is 9.29 Å². The van der Waals surface area contributed by atoms with Gasteiger partial charge in [-0.25, -0.2) is 13.4 Å². The summed E-state index contributed by atoms with van der Waals surface area (Å²) in [4.78, 5) is 4.50. The summed E-state index contributed by atoms with van der Waals surface area (Å²) < 4.78 is 27.1. The third-order valence-corrected chi connectivity index (χ3v) is 5.89. The Kier molecular flexibility index (Phi) is 5.58. The molecule has 1 aromatic heterocycles. The highest BCUT2D eigenvalue weighted by molar-refractivity contribution is 7.89. The van der Waals surface area contributed by atoms with Crippen molar-refractivity contribution in [2.45, 2.75) is 56.9 Å². The van der Waals surface area contributed by atoms with Crippen LogP contribution in [0.4, 0.5) is 5.82 Å². The lowest BCUT2D eigenvalue weighted by atomic mass is 10.1. The van der Waals surface area contributed by atoms with Gasteiger partial charge in [0.2, 0.25) is 10.0 Å². The minimum absolute atomic E-state index is 0.0652. The van der Waals surface area contributed by atoms with Gasteiger partial charge in [-0.1, -0.05) is 19.8 Å². The van der Waals surface area contributed by atoms with Crippen LogP contribution < -0.4 is 5.32 Å². The molecule has 2 heterocycles. The molecule has 1 unspecified atom stereocenters. The van der Waals surface area contributed by atoms with Crippen LogP contribution in [0, 0.1) is 0 Å². The van der Waals surface area contributed by atoms with E-state index in [1.807, 2.05) is 6.92 Å². The van der Waals surface area contributed by atoms with Gasteiger partial charge in [-0.15, -0.1) is 0 Å². The van der Waals surface area contributed by atoms with Gasteiger partial charge in [0.15, 0.2) is 0 Å². The molecule has 0 spiro atoms. The maximum Gasteiger partial charge on any atom is 0.244 e. The number of nitrogens with one attached hydrogen (secondary N) is 1. The van der Waals surface area contributed by atoms with Crippen molar-refractivity contribution in [3.8, 4) is 0 Å². The predicted octanol–water partition coefficient (Wildman–Crippen LogP) is 2.86. The molecule has 1 saturated heterocycles. The molecule has 0 saturated carbocycles. The molecule has 1 fully saturated rings. The fourth-order valence-corrected chi connectivity index (χ4v) is 4.28. The third kappa shape index (κ3) is 3.95. The van der Waals surface area contributed by atoms with Gasteiger partial charge in [0, 0.05) is 25.3 Å². The molecule has 1 aromatic rings. The molecule has 21 heavy (non-hydrogen) atoms. The summed E-state index contributed by atoms with van der Waals surface area (Å²) in [7, 11) is -3.43. The quantitative estimate of drug-likeness (QED) is 0.908. The Morgan fingerprint density at radius 3 is 2.81 bits per heavy atom. The van der Waals surface area contributed by atoms with Gasteiger partial charge in [-0.2, -0.15) is 4.31 Å². The number of hydrogen-bond donors (Lipinski definition) is 1. The standard InChI is InChI=1S/C15H25N3O2S/c1-3-10-16-15-9-8-14(12-17-15)21(19,20)18-11-6-4-5-7-13(18)2/h8-9,12-13H,3-7,10-11H2,1-2H3,(H,16,17). The van der Waals surface area contributed by atoms with E-state index in [0.717, 1.165) is 44.5 Å². The van der Waals surface area contributed by atoms with Gasteiger partial charge in [-0.3, -0.25) is 0 Å². The van der Waals surface area contributed by atoms with E-state index in [1.54, 1.807) is 16.4 Å². The lowest BCUT2D eigenvalue weighted by Gasteiger charge is -2.26. The van der Waals surface area contributed by atoms with Crippen LogP contribution in [0.1, 0.15) is 46.0 Å². The first kappa shape index (κ1) is 16.2. The monoisotopic (exact) mass is 311 g/mol. The molecule has 118 valence electrons. The number of nitrogens with zero attached hydrogens (tertiary/aromatic N) is 2. The van der Waals surface area contributed by atoms with Crippen LogP contribution in [0.5, 0.6) is 0 Å². The predicted molar refractivity (Wildman–Crippen MR) is 84.8 cm³/mol. The number of pyridine rings is 1. The van der Waals surface area contributed by atoms with Crippen molar-refractivity contribution in [3.63, 3.8) is 0 Å². The fraction of sp³-hybridized carbons (Fsp3) is 0.667. The summed E-state index contributed by atoms with van der Waals surface area (Å²) in [6.07, 6.45) is 6.55. The van der Waals surface area contributed by atoms with Crippen molar-refractivity contribution in [1.29, 1.82) is 0 Å². The molecule has 5 nitrogen and oxygen atoms in total. The molecule has 1 atom stereocenters. The van der Waals surface area contributed by atoms with E-state index >= 15 is 0 Å². The van der Waals surface area contributed by atoms with Gasteiger partial charge >= 0.3 is 0 Å². The zero-order chi connectivity index (χ0) is 15.3. The lowest BCUT2D eigenvalue weighted by molar-refractivity contribution is 0.342. The Balaban J connectivity index is 2.18. The van der Waals surface area contributed by atoms with E-state index in [-0.39, 0.29) is 6.04 Å². The Morgan fingerprint density at radius 1 is 1.33 bits per heavy atom. The summed E-state index contributed by atoms with van der Waals surface area (Å²) in [6, 6.07) is 3.46. The maximum absolute atomic E-state index is 12.7. The summed E-state index contributed by atoms with van der Waals surface area (Å²) in [5.41, 5.74) is 0. The topological polar surface area (TPSA) is 62.3 Å². The molecule has 6 heteroatoms. The number of aromatic nitrogens is 1. The van der Waals surface area contributed by atoms with E-state index < -0.39 is 10.0 Å². The fourth-order valence-electron chi connectivity index (χ4n) is 2.63. The van der Waals surface area contributed by atoms with E-state index in [2.05, 4.69) is 17.2 Å². The minimum atomic E-state index is -3.43. The lowest BCUT2D eigenvalue weighted by Crippen LogP contribution is -2.38. The normalized spacial score (nSPS) is 21.0. The zero-order valence-electron chi connectivity index (χ0n) is 12.9. The molecule has 0 aromatic carbocycles. The van der Waals surface area contributed by atoms with Crippen LogP contribution in [0.3, 0.4) is 0 Å². The second-order valence-electron chi connectivity index (χ2n) is 5.62. The van der Waals surface area contributed by atoms with Crippen LogP contribution in [0.25, 0.3) is 0 Å². The number of rotatable bonds is 5. The molecule has 0 aliphatic carbocycles. The first-order valence-electron chi connectivity index (χ1n) is 7.77. The van der Waals surface area contributed by atoms with E-state index in [4.69, 9.17) is 0 Å². The average Bonchev–Trinajstić information content (AvgIpc) is 2.70. The molecule has 0 bridgehead atoms. The second kappa shape index (κ2) is 7.22. The minimum Gasteiger partial charge on any atom is -0.370 e. The molecular weight excluding hydrogens is 286 g/mol. The summed E-state index contributed by atoms with van der Waals surface area (Å²) in [5.74, 6) is 0.722. The zero-order valence-corrected chi connectivity index (χ0v) is 13.7. The molecular formula is C15H25N3O2S. The van der Waals surface area contributed by atoms with Crippen LogP contribution in [-0.4, -0.2) is 36.8 Å². The SMILES string of the molecule is CCCNc1ccc(S(=O)(=O)N2CCCCCC2C)cn1. The Morgan fingerprint density at radius 2 is 2.14 bits per heavy atom. The molecule has 0 radical (unpaired) electrons. The molecule has 0 amide bonds. The Hall–Kier alpha value is -1.14. The molecule has 1 aliphatic heterocycles. The highest BCUT2D eigenvalue weighted by Crippen LogP contribution is 2.24. The Labute approximate surface area is 127 Å². The number of anilines is 1. The van der Waals surface area contributed by atoms with Crippen molar-refractivity contribution in [3.05, 3.63) is 18.3 Å². The van der Waals surface area contributed by atoms with Crippen LogP contribution >= 0.6 is 0 Å². The molecule has 2 rings (SSSR count). The number of hydrogen-bond acceptors (Lipinski definition) is 4. The maximum atomic E-state index is 12.7. The van der Waals surface area contributed by atoms with Crippen LogP contribution in [-0.2, 0) is 10.0 Å². The largest absolute Gasteiger partial charge is 0.370 e. The van der Waals surface area contributed by atoms with E-state index in [1.165, 1.54) is 6.20 Å². The first-order valence-corrected chi connectivity index (χ1v) is 9.21. The Bertz CT molecular complexity index is 543. The first-order chi connectivity index (χ1) is 10.1. The highest BCUT2D eigenvalue weighted by atomic mass is 32.2. The van der Waals surface area contributed by atoms with Crippen LogP contribution in [0.2, 0.25) is 0 Å². The van der Waals surface area contributed by atoms with Gasteiger partial charge in [0.1, 0.15) is 10.7 Å². The van der Waals surface area contributed by atoms with Crippen LogP contribution in [0.15, 0.2) is 23.2 Å². The van der Waals surface area contributed by atoms with Crippen molar-refractivity contribution in [2.75, 3.05) is 18.4 Å². The van der Waals surface area contributed by atoms with E-state index in [0.29, 0.717) is 11.4 Å². The number of sulfonamides is 1. The highest BCUT2D eigenvalue weighted by Gasteiger charge is 2.30. The smallest absolute Gasteiger partial charge is 0.244 e. The third-order valence-electron chi connectivity index (χ3n) is 3.89. The van der Waals surface area contributed by atoms with Gasteiger partial charge in [-0.05, 0) is 38.3 Å². The van der Waals surface area contributed by atoms with Gasteiger partial charge < -0.3 is 5.32 Å². The summed E-state index contributed by atoms with van der Waals surface area (Å²) in [6.45, 7) is 5.52. The van der Waals surface area contributed by atoms with Crippen molar-refractivity contribution < 1.29 is 8.42 Å². The summed E-state index contributed by atoms with van der Waals surface area (Å²) >= 11 is 0. The second-order valence-corrected chi connectivity index (χ2v) is 7.51. The van der Waals surface area contributed by atoms with E-state index in [9.17, 15) is 8.42 Å². The van der Waals surface area contributed by atoms with Crippen molar-refractivity contribution >= 4 is 15.8 Å². The average molecular weight is 311 g/mol. The van der Waals surface area contributed by atoms with Gasteiger partial charge in [0.05, 0.1) is 0 Å². The molecule has 1 N–H and O–H groups in total. The molecule has 1 aliphatic rings. The van der Waals surface area contributed by atoms with Crippen molar-refractivity contribution in [2.24, 2.45) is 0 Å². The summed E-state index contributed by atoms with van der Waals surface area (Å²) in [5, 5.41) is 3.15. The van der Waals surface area contributed by atoms with Gasteiger partial charge in [0.25, 0.3) is 0 Å².